The van der Waals surface area contributed by atoms with Crippen LogP contribution in [0.2, 0.25) is 10.0 Å². The van der Waals surface area contributed by atoms with Crippen molar-refractivity contribution in [3.8, 4) is 0 Å². The molecule has 0 radical (unpaired) electrons. The lowest BCUT2D eigenvalue weighted by Crippen LogP contribution is -2.33. The first-order valence-electron chi connectivity index (χ1n) is 6.99. The van der Waals surface area contributed by atoms with E-state index in [1.54, 1.807) is 13.1 Å². The number of sulfonamides is 1. The Balaban J connectivity index is 2.29. The summed E-state index contributed by atoms with van der Waals surface area (Å²) in [6.07, 6.45) is 2.79. The maximum atomic E-state index is 12.5. The molecule has 118 valence electrons. The van der Waals surface area contributed by atoms with E-state index in [1.807, 2.05) is 0 Å². The molecule has 2 unspecified atom stereocenters. The third-order valence-electron chi connectivity index (χ3n) is 3.81. The summed E-state index contributed by atoms with van der Waals surface area (Å²) in [4.78, 5) is 0.0957. The summed E-state index contributed by atoms with van der Waals surface area (Å²) in [5.41, 5.74) is 0.600. The molecule has 0 aromatic heterocycles. The average Bonchev–Trinajstić information content (AvgIpc) is 2.78. The van der Waals surface area contributed by atoms with Crippen LogP contribution in [0.15, 0.2) is 17.0 Å². The maximum Gasteiger partial charge on any atom is 0.242 e. The second-order valence-electron chi connectivity index (χ2n) is 5.60. The van der Waals surface area contributed by atoms with Crippen LogP contribution in [-0.4, -0.2) is 21.5 Å². The molecule has 0 bridgehead atoms. The van der Waals surface area contributed by atoms with Crippen LogP contribution in [0.5, 0.6) is 0 Å². The van der Waals surface area contributed by atoms with E-state index < -0.39 is 10.0 Å². The molecule has 1 aromatic carbocycles. The van der Waals surface area contributed by atoms with Crippen LogP contribution in [0.25, 0.3) is 0 Å². The molecule has 2 N–H and O–H groups in total. The Kier molecular flexibility index (Phi) is 5.54. The molecule has 0 amide bonds. The van der Waals surface area contributed by atoms with E-state index >= 15 is 0 Å². The topological polar surface area (TPSA) is 58.2 Å². The lowest BCUT2D eigenvalue weighted by Gasteiger charge is -2.16. The lowest BCUT2D eigenvalue weighted by atomic mass is 10.1. The molecule has 0 saturated heterocycles. The van der Waals surface area contributed by atoms with E-state index in [-0.39, 0.29) is 16.0 Å². The Labute approximate surface area is 136 Å². The van der Waals surface area contributed by atoms with Gasteiger partial charge in [-0.05, 0) is 44.4 Å². The molecule has 2 rings (SSSR count). The van der Waals surface area contributed by atoms with Crippen LogP contribution in [-0.2, 0) is 16.6 Å². The molecule has 0 heterocycles. The Hall–Kier alpha value is -0.330. The third kappa shape index (κ3) is 3.90. The monoisotopic (exact) mass is 350 g/mol. The van der Waals surface area contributed by atoms with Crippen molar-refractivity contribution in [1.82, 2.24) is 10.0 Å². The summed E-state index contributed by atoms with van der Waals surface area (Å²) in [7, 11) is -1.87. The van der Waals surface area contributed by atoms with Crippen LogP contribution < -0.4 is 10.0 Å². The first kappa shape index (κ1) is 17.0. The molecule has 1 aliphatic rings. The van der Waals surface area contributed by atoms with Gasteiger partial charge >= 0.3 is 0 Å². The SMILES string of the molecule is CNCc1c(Cl)ccc(S(=O)(=O)NC2CCC(C)C2)c1Cl. The van der Waals surface area contributed by atoms with Gasteiger partial charge in [-0.25, -0.2) is 13.1 Å². The molecule has 1 aromatic rings. The Morgan fingerprint density at radius 3 is 2.57 bits per heavy atom. The predicted octanol–water partition coefficient (Wildman–Crippen LogP) is 3.18. The summed E-state index contributed by atoms with van der Waals surface area (Å²) in [6, 6.07) is 3.03. The zero-order valence-electron chi connectivity index (χ0n) is 12.1. The van der Waals surface area contributed by atoms with Crippen LogP contribution in [0.3, 0.4) is 0 Å². The number of halogens is 2. The van der Waals surface area contributed by atoms with Crippen LogP contribution in [0.4, 0.5) is 0 Å². The van der Waals surface area contributed by atoms with Gasteiger partial charge in [0.1, 0.15) is 4.90 Å². The van der Waals surface area contributed by atoms with E-state index in [9.17, 15) is 8.42 Å². The molecular weight excluding hydrogens is 331 g/mol. The number of hydrogen-bond donors (Lipinski definition) is 2. The van der Waals surface area contributed by atoms with Crippen LogP contribution in [0.1, 0.15) is 31.7 Å². The van der Waals surface area contributed by atoms with Gasteiger partial charge < -0.3 is 5.32 Å². The summed E-state index contributed by atoms with van der Waals surface area (Å²) in [5.74, 6) is 0.554. The molecule has 21 heavy (non-hydrogen) atoms. The number of nitrogens with one attached hydrogen (secondary N) is 2. The molecule has 7 heteroatoms. The Bertz CT molecular complexity index is 620. The van der Waals surface area contributed by atoms with Crippen molar-refractivity contribution in [1.29, 1.82) is 0 Å². The average molecular weight is 351 g/mol. The molecule has 0 aliphatic heterocycles. The summed E-state index contributed by atoms with van der Waals surface area (Å²) < 4.78 is 27.8. The maximum absolute atomic E-state index is 12.5. The van der Waals surface area contributed by atoms with Crippen molar-refractivity contribution in [3.05, 3.63) is 27.7 Å². The standard InChI is InChI=1S/C14H20Cl2N2O2S/c1-9-3-4-10(7-9)18-21(19,20)13-6-5-12(15)11(8-17-2)14(13)16/h5-6,9-10,17-18H,3-4,7-8H2,1-2H3. The summed E-state index contributed by atoms with van der Waals surface area (Å²) >= 11 is 12.3. The van der Waals surface area contributed by atoms with Gasteiger partial charge in [0.25, 0.3) is 0 Å². The quantitative estimate of drug-likeness (QED) is 0.857. The molecule has 1 aliphatic carbocycles. The van der Waals surface area contributed by atoms with Gasteiger partial charge in [-0.3, -0.25) is 0 Å². The fourth-order valence-electron chi connectivity index (χ4n) is 2.72. The lowest BCUT2D eigenvalue weighted by molar-refractivity contribution is 0.538. The minimum atomic E-state index is -3.62. The fraction of sp³-hybridized carbons (Fsp3) is 0.571. The highest BCUT2D eigenvalue weighted by atomic mass is 35.5. The Morgan fingerprint density at radius 2 is 2.00 bits per heavy atom. The zero-order valence-corrected chi connectivity index (χ0v) is 14.4. The van der Waals surface area contributed by atoms with E-state index in [0.29, 0.717) is 23.0 Å². The van der Waals surface area contributed by atoms with Crippen molar-refractivity contribution in [3.63, 3.8) is 0 Å². The Morgan fingerprint density at radius 1 is 1.29 bits per heavy atom. The minimum Gasteiger partial charge on any atom is -0.316 e. The number of rotatable bonds is 5. The van der Waals surface area contributed by atoms with Gasteiger partial charge in [0, 0.05) is 23.2 Å². The summed E-state index contributed by atoms with van der Waals surface area (Å²) in [6.45, 7) is 2.55. The second kappa shape index (κ2) is 6.84. The summed E-state index contributed by atoms with van der Waals surface area (Å²) in [5, 5.41) is 3.59. The predicted molar refractivity (Wildman–Crippen MR) is 86.4 cm³/mol. The van der Waals surface area contributed by atoms with Gasteiger partial charge in [-0.1, -0.05) is 30.1 Å². The fourth-order valence-corrected chi connectivity index (χ4v) is 4.91. The van der Waals surface area contributed by atoms with E-state index in [2.05, 4.69) is 17.0 Å². The van der Waals surface area contributed by atoms with E-state index in [4.69, 9.17) is 23.2 Å². The highest BCUT2D eigenvalue weighted by Gasteiger charge is 2.28. The van der Waals surface area contributed by atoms with Gasteiger partial charge in [-0.2, -0.15) is 0 Å². The largest absolute Gasteiger partial charge is 0.316 e. The van der Waals surface area contributed by atoms with Crippen LogP contribution >= 0.6 is 23.2 Å². The molecule has 0 spiro atoms. The second-order valence-corrected chi connectivity index (χ2v) is 8.07. The van der Waals surface area contributed by atoms with Gasteiger partial charge in [-0.15, -0.1) is 0 Å². The van der Waals surface area contributed by atoms with Crippen molar-refractivity contribution in [2.75, 3.05) is 7.05 Å². The highest BCUT2D eigenvalue weighted by Crippen LogP contribution is 2.32. The smallest absolute Gasteiger partial charge is 0.242 e. The van der Waals surface area contributed by atoms with Gasteiger partial charge in [0.15, 0.2) is 0 Å². The van der Waals surface area contributed by atoms with E-state index in [0.717, 1.165) is 19.3 Å². The third-order valence-corrected chi connectivity index (χ3v) is 6.27. The van der Waals surface area contributed by atoms with Crippen molar-refractivity contribution < 1.29 is 8.42 Å². The van der Waals surface area contributed by atoms with Crippen molar-refractivity contribution in [2.45, 2.75) is 43.7 Å². The first-order chi connectivity index (χ1) is 9.85. The normalized spacial score (nSPS) is 22.7. The van der Waals surface area contributed by atoms with Crippen molar-refractivity contribution >= 4 is 33.2 Å². The zero-order chi connectivity index (χ0) is 15.6. The molecule has 1 saturated carbocycles. The molecule has 4 nitrogen and oxygen atoms in total. The number of benzene rings is 1. The van der Waals surface area contributed by atoms with Crippen molar-refractivity contribution in [2.24, 2.45) is 5.92 Å². The first-order valence-corrected chi connectivity index (χ1v) is 9.23. The van der Waals surface area contributed by atoms with Gasteiger partial charge in [0.05, 0.1) is 5.02 Å². The van der Waals surface area contributed by atoms with E-state index in [1.165, 1.54) is 6.07 Å². The molecule has 2 atom stereocenters. The number of hydrogen-bond acceptors (Lipinski definition) is 3. The molecule has 1 fully saturated rings. The minimum absolute atomic E-state index is 0.00973. The highest BCUT2D eigenvalue weighted by molar-refractivity contribution is 7.89. The molecular formula is C14H20Cl2N2O2S. The van der Waals surface area contributed by atoms with Crippen LogP contribution in [0, 0.1) is 5.92 Å². The van der Waals surface area contributed by atoms with Gasteiger partial charge in [0.2, 0.25) is 10.0 Å².